The summed E-state index contributed by atoms with van der Waals surface area (Å²) in [5, 5.41) is 3.47. The molecular formula is C18H22FNO. The van der Waals surface area contributed by atoms with Crippen molar-refractivity contribution in [3.8, 4) is 5.75 Å². The van der Waals surface area contributed by atoms with Crippen molar-refractivity contribution < 1.29 is 9.13 Å². The van der Waals surface area contributed by atoms with E-state index in [1.165, 1.54) is 18.7 Å². The second kappa shape index (κ2) is 6.61. The van der Waals surface area contributed by atoms with Crippen LogP contribution in [-0.2, 0) is 0 Å². The lowest BCUT2D eigenvalue weighted by atomic mass is 10.00. The molecule has 0 bridgehead atoms. The molecule has 0 spiro atoms. The molecule has 2 nitrogen and oxygen atoms in total. The Morgan fingerprint density at radius 2 is 1.76 bits per heavy atom. The number of anilines is 1. The van der Waals surface area contributed by atoms with Crippen molar-refractivity contribution in [1.82, 2.24) is 0 Å². The smallest absolute Gasteiger partial charge is 0.165 e. The second-order valence-corrected chi connectivity index (χ2v) is 5.50. The van der Waals surface area contributed by atoms with E-state index in [1.54, 1.807) is 6.07 Å². The van der Waals surface area contributed by atoms with E-state index in [0.717, 1.165) is 11.3 Å². The summed E-state index contributed by atoms with van der Waals surface area (Å²) in [6.45, 7) is 6.36. The van der Waals surface area contributed by atoms with Crippen LogP contribution < -0.4 is 10.1 Å². The SMILES string of the molecule is COc1ccc(C(C)Nc2ccccc2C(C)C)cc1F. The molecule has 0 saturated carbocycles. The zero-order chi connectivity index (χ0) is 15.4. The fourth-order valence-corrected chi connectivity index (χ4v) is 2.40. The van der Waals surface area contributed by atoms with E-state index in [2.05, 4.69) is 31.3 Å². The molecule has 0 aromatic heterocycles. The molecule has 1 atom stereocenters. The van der Waals surface area contributed by atoms with E-state index in [1.807, 2.05) is 25.1 Å². The summed E-state index contributed by atoms with van der Waals surface area (Å²) in [5.74, 6) is 0.378. The van der Waals surface area contributed by atoms with Gasteiger partial charge >= 0.3 is 0 Å². The van der Waals surface area contributed by atoms with Gasteiger partial charge in [-0.25, -0.2) is 4.39 Å². The molecule has 0 aliphatic heterocycles. The quantitative estimate of drug-likeness (QED) is 0.823. The van der Waals surface area contributed by atoms with Crippen molar-refractivity contribution in [2.75, 3.05) is 12.4 Å². The maximum atomic E-state index is 13.8. The maximum absolute atomic E-state index is 13.8. The van der Waals surface area contributed by atoms with Crippen LogP contribution >= 0.6 is 0 Å². The van der Waals surface area contributed by atoms with Gasteiger partial charge in [-0.2, -0.15) is 0 Å². The van der Waals surface area contributed by atoms with Crippen molar-refractivity contribution >= 4 is 5.69 Å². The van der Waals surface area contributed by atoms with Crippen LogP contribution in [0.5, 0.6) is 5.75 Å². The standard InChI is InChI=1S/C18H22FNO/c1-12(2)15-7-5-6-8-17(15)20-13(3)14-9-10-18(21-4)16(19)11-14/h5-13,20H,1-4H3. The van der Waals surface area contributed by atoms with Gasteiger partial charge in [0.1, 0.15) is 0 Å². The first kappa shape index (κ1) is 15.4. The molecule has 0 fully saturated rings. The molecule has 2 aromatic rings. The van der Waals surface area contributed by atoms with E-state index < -0.39 is 0 Å². The zero-order valence-corrected chi connectivity index (χ0v) is 13.0. The Kier molecular flexibility index (Phi) is 4.84. The van der Waals surface area contributed by atoms with Crippen LogP contribution in [0.1, 0.15) is 43.9 Å². The lowest BCUT2D eigenvalue weighted by molar-refractivity contribution is 0.386. The van der Waals surface area contributed by atoms with Crippen molar-refractivity contribution in [3.05, 3.63) is 59.4 Å². The van der Waals surface area contributed by atoms with Gasteiger partial charge in [-0.1, -0.05) is 38.1 Å². The predicted molar refractivity (Wildman–Crippen MR) is 85.5 cm³/mol. The summed E-state index contributed by atoms with van der Waals surface area (Å²) < 4.78 is 18.8. The van der Waals surface area contributed by atoms with E-state index >= 15 is 0 Å². The molecule has 1 unspecified atom stereocenters. The summed E-state index contributed by atoms with van der Waals surface area (Å²) in [6.07, 6.45) is 0. The van der Waals surface area contributed by atoms with Crippen molar-refractivity contribution in [1.29, 1.82) is 0 Å². The molecule has 0 heterocycles. The fourth-order valence-electron chi connectivity index (χ4n) is 2.40. The van der Waals surface area contributed by atoms with Crippen LogP contribution in [0.4, 0.5) is 10.1 Å². The minimum atomic E-state index is -0.333. The number of methoxy groups -OCH3 is 1. The van der Waals surface area contributed by atoms with Crippen LogP contribution in [0.15, 0.2) is 42.5 Å². The van der Waals surface area contributed by atoms with E-state index in [0.29, 0.717) is 5.92 Å². The first-order valence-corrected chi connectivity index (χ1v) is 7.21. The Morgan fingerprint density at radius 3 is 2.38 bits per heavy atom. The van der Waals surface area contributed by atoms with Crippen molar-refractivity contribution in [2.24, 2.45) is 0 Å². The molecule has 21 heavy (non-hydrogen) atoms. The van der Waals surface area contributed by atoms with Gasteiger partial charge < -0.3 is 10.1 Å². The van der Waals surface area contributed by atoms with Gasteiger partial charge in [-0.3, -0.25) is 0 Å². The molecule has 0 radical (unpaired) electrons. The summed E-state index contributed by atoms with van der Waals surface area (Å²) in [4.78, 5) is 0. The van der Waals surface area contributed by atoms with E-state index in [4.69, 9.17) is 4.74 Å². The molecule has 0 aliphatic carbocycles. The number of benzene rings is 2. The highest BCUT2D eigenvalue weighted by molar-refractivity contribution is 5.54. The van der Waals surface area contributed by atoms with Crippen LogP contribution in [0.25, 0.3) is 0 Å². The van der Waals surface area contributed by atoms with Crippen molar-refractivity contribution in [2.45, 2.75) is 32.7 Å². The second-order valence-electron chi connectivity index (χ2n) is 5.50. The molecule has 0 aliphatic rings. The van der Waals surface area contributed by atoms with Gasteiger partial charge in [-0.05, 0) is 42.2 Å². The molecular weight excluding hydrogens is 265 g/mol. The van der Waals surface area contributed by atoms with Gasteiger partial charge in [0.05, 0.1) is 7.11 Å². The van der Waals surface area contributed by atoms with Crippen molar-refractivity contribution in [3.63, 3.8) is 0 Å². The Morgan fingerprint density at radius 1 is 1.05 bits per heavy atom. The van der Waals surface area contributed by atoms with Gasteiger partial charge in [0.2, 0.25) is 0 Å². The first-order chi connectivity index (χ1) is 10.0. The lowest BCUT2D eigenvalue weighted by Crippen LogP contribution is -2.09. The molecule has 112 valence electrons. The third-order valence-corrected chi connectivity index (χ3v) is 3.63. The molecule has 0 amide bonds. The monoisotopic (exact) mass is 287 g/mol. The molecule has 0 saturated heterocycles. The fraction of sp³-hybridized carbons (Fsp3) is 0.333. The first-order valence-electron chi connectivity index (χ1n) is 7.21. The van der Waals surface area contributed by atoms with Crippen LogP contribution in [0.2, 0.25) is 0 Å². The molecule has 3 heteroatoms. The normalized spacial score (nSPS) is 12.3. The Bertz CT molecular complexity index is 610. The van der Waals surface area contributed by atoms with Crippen LogP contribution in [-0.4, -0.2) is 7.11 Å². The number of hydrogen-bond donors (Lipinski definition) is 1. The van der Waals surface area contributed by atoms with Crippen LogP contribution in [0.3, 0.4) is 0 Å². The summed E-state index contributed by atoms with van der Waals surface area (Å²) in [7, 11) is 1.47. The number of nitrogens with one attached hydrogen (secondary N) is 1. The van der Waals surface area contributed by atoms with Gasteiger partial charge in [0.25, 0.3) is 0 Å². The highest BCUT2D eigenvalue weighted by Crippen LogP contribution is 2.29. The maximum Gasteiger partial charge on any atom is 0.165 e. The van der Waals surface area contributed by atoms with Gasteiger partial charge in [0, 0.05) is 11.7 Å². The van der Waals surface area contributed by atoms with Gasteiger partial charge in [-0.15, -0.1) is 0 Å². The predicted octanol–water partition coefficient (Wildman–Crippen LogP) is 5.13. The summed E-state index contributed by atoms with van der Waals surface area (Å²) in [5.41, 5.74) is 3.25. The average Bonchev–Trinajstić information content (AvgIpc) is 2.47. The Labute approximate surface area is 126 Å². The number of halogens is 1. The third-order valence-electron chi connectivity index (χ3n) is 3.63. The minimum Gasteiger partial charge on any atom is -0.494 e. The topological polar surface area (TPSA) is 21.3 Å². The Balaban J connectivity index is 2.22. The summed E-state index contributed by atoms with van der Waals surface area (Å²) >= 11 is 0. The minimum absolute atomic E-state index is 0.0188. The number of rotatable bonds is 5. The highest BCUT2D eigenvalue weighted by Gasteiger charge is 2.12. The number of ether oxygens (including phenoxy) is 1. The number of para-hydroxylation sites is 1. The van der Waals surface area contributed by atoms with Gasteiger partial charge in [0.15, 0.2) is 11.6 Å². The number of hydrogen-bond acceptors (Lipinski definition) is 2. The van der Waals surface area contributed by atoms with Crippen LogP contribution in [0, 0.1) is 5.82 Å². The highest BCUT2D eigenvalue weighted by atomic mass is 19.1. The molecule has 2 rings (SSSR count). The lowest BCUT2D eigenvalue weighted by Gasteiger charge is -2.20. The zero-order valence-electron chi connectivity index (χ0n) is 13.0. The Hall–Kier alpha value is -2.03. The van der Waals surface area contributed by atoms with E-state index in [9.17, 15) is 4.39 Å². The summed E-state index contributed by atoms with van der Waals surface area (Å²) in [6, 6.07) is 13.3. The largest absolute Gasteiger partial charge is 0.494 e. The molecule has 2 aromatic carbocycles. The third kappa shape index (κ3) is 3.54. The molecule has 1 N–H and O–H groups in total. The van der Waals surface area contributed by atoms with E-state index in [-0.39, 0.29) is 17.6 Å². The average molecular weight is 287 g/mol.